The van der Waals surface area contributed by atoms with Crippen molar-refractivity contribution >= 4 is 34.1 Å². The molecule has 0 atom stereocenters. The van der Waals surface area contributed by atoms with Gasteiger partial charge in [-0.1, -0.05) is 58.5 Å². The number of ether oxygens (including phenoxy) is 1. The van der Waals surface area contributed by atoms with Crippen molar-refractivity contribution < 1.29 is 14.1 Å². The number of benzene rings is 3. The first-order valence-corrected chi connectivity index (χ1v) is 12.9. The normalized spacial score (nSPS) is 10.8. The van der Waals surface area contributed by atoms with Crippen LogP contribution in [0.25, 0.3) is 21.9 Å². The molecule has 9 heteroatoms. The number of nitrogens with zero attached hydrogens (tertiary/aromatic N) is 3. The zero-order valence-electron chi connectivity index (χ0n) is 19.6. The first kappa shape index (κ1) is 23.8. The predicted molar refractivity (Wildman–Crippen MR) is 143 cm³/mol. The van der Waals surface area contributed by atoms with E-state index in [4.69, 9.17) is 9.26 Å². The zero-order chi connectivity index (χ0) is 24.9. The lowest BCUT2D eigenvalue weighted by atomic mass is 10.1. The Balaban J connectivity index is 1.19. The highest BCUT2D eigenvalue weighted by Gasteiger charge is 2.16. The highest BCUT2D eigenvalue weighted by molar-refractivity contribution is 7.98. The molecule has 0 spiro atoms. The second-order valence-electron chi connectivity index (χ2n) is 7.97. The number of nitrogens with one attached hydrogen (secondary N) is 1. The molecule has 0 unspecified atom stereocenters. The summed E-state index contributed by atoms with van der Waals surface area (Å²) in [7, 11) is 1.60. The van der Waals surface area contributed by atoms with Gasteiger partial charge in [-0.05, 0) is 48.9 Å². The summed E-state index contributed by atoms with van der Waals surface area (Å²) in [4.78, 5) is 13.9. The van der Waals surface area contributed by atoms with E-state index in [1.54, 1.807) is 24.9 Å². The Kier molecular flexibility index (Phi) is 7.11. The van der Waals surface area contributed by atoms with Crippen LogP contribution in [0.15, 0.2) is 88.3 Å². The summed E-state index contributed by atoms with van der Waals surface area (Å²) in [5.41, 5.74) is 4.38. The third kappa shape index (κ3) is 5.64. The number of methoxy groups -OCH3 is 1. The van der Waals surface area contributed by atoms with E-state index < -0.39 is 5.91 Å². The van der Waals surface area contributed by atoms with E-state index in [0.29, 0.717) is 10.9 Å². The molecule has 0 saturated heterocycles. The second kappa shape index (κ2) is 10.8. The Labute approximate surface area is 216 Å². The maximum atomic E-state index is 12.6. The first-order valence-electron chi connectivity index (χ1n) is 11.1. The van der Waals surface area contributed by atoms with Gasteiger partial charge in [0, 0.05) is 27.8 Å². The number of carbonyl (C=O) groups is 1. The SMILES string of the molecule is COc1ccc(-c2cc(C(=O)Nc3nnc(-c4ccc(CSc5ccc(C)cc5)cc4)s3)no2)cc1. The molecule has 7 nitrogen and oxygen atoms in total. The van der Waals surface area contributed by atoms with E-state index in [-0.39, 0.29) is 5.69 Å². The van der Waals surface area contributed by atoms with E-state index in [0.717, 1.165) is 27.6 Å². The van der Waals surface area contributed by atoms with Crippen LogP contribution in [-0.4, -0.2) is 28.4 Å². The molecule has 180 valence electrons. The summed E-state index contributed by atoms with van der Waals surface area (Å²) in [5.74, 6) is 1.70. The van der Waals surface area contributed by atoms with E-state index in [1.165, 1.54) is 27.4 Å². The summed E-state index contributed by atoms with van der Waals surface area (Å²) in [6.07, 6.45) is 0. The van der Waals surface area contributed by atoms with Gasteiger partial charge in [-0.3, -0.25) is 10.1 Å². The average Bonchev–Trinajstić information content (AvgIpc) is 3.59. The Morgan fingerprint density at radius 3 is 2.42 bits per heavy atom. The van der Waals surface area contributed by atoms with Crippen LogP contribution < -0.4 is 10.1 Å². The van der Waals surface area contributed by atoms with Gasteiger partial charge >= 0.3 is 0 Å². The van der Waals surface area contributed by atoms with Crippen molar-refractivity contribution in [3.63, 3.8) is 0 Å². The van der Waals surface area contributed by atoms with Crippen LogP contribution in [0.1, 0.15) is 21.6 Å². The largest absolute Gasteiger partial charge is 0.497 e. The number of amides is 1. The molecule has 1 amide bonds. The molecule has 0 saturated carbocycles. The van der Waals surface area contributed by atoms with Crippen LogP contribution in [0.4, 0.5) is 5.13 Å². The van der Waals surface area contributed by atoms with Crippen molar-refractivity contribution in [3.05, 3.63) is 95.7 Å². The molecule has 0 aliphatic heterocycles. The van der Waals surface area contributed by atoms with Gasteiger partial charge < -0.3 is 9.26 Å². The molecule has 36 heavy (non-hydrogen) atoms. The van der Waals surface area contributed by atoms with Crippen molar-refractivity contribution in [1.82, 2.24) is 15.4 Å². The number of aryl methyl sites for hydroxylation is 1. The lowest BCUT2D eigenvalue weighted by molar-refractivity contribution is 0.101. The van der Waals surface area contributed by atoms with Crippen LogP contribution in [0, 0.1) is 6.92 Å². The van der Waals surface area contributed by atoms with Gasteiger partial charge in [-0.25, -0.2) is 0 Å². The smallest absolute Gasteiger partial charge is 0.279 e. The predicted octanol–water partition coefficient (Wildman–Crippen LogP) is 6.72. The van der Waals surface area contributed by atoms with E-state index in [9.17, 15) is 4.79 Å². The third-order valence-corrected chi connectivity index (χ3v) is 7.36. The standard InChI is InChI=1S/C27H22N4O3S2/c1-17-3-13-22(14-4-17)35-16-18-5-7-20(8-6-18)26-29-30-27(36-26)28-25(32)23-15-24(34-31-23)19-9-11-21(33-2)12-10-19/h3-15H,16H2,1-2H3,(H,28,30,32). The van der Waals surface area contributed by atoms with E-state index >= 15 is 0 Å². The molecule has 0 bridgehead atoms. The molecule has 0 aliphatic carbocycles. The van der Waals surface area contributed by atoms with E-state index in [2.05, 4.69) is 64.0 Å². The monoisotopic (exact) mass is 514 g/mol. The number of hydrogen-bond acceptors (Lipinski definition) is 8. The van der Waals surface area contributed by atoms with Gasteiger partial charge in [-0.2, -0.15) is 0 Å². The molecule has 2 aromatic heterocycles. The Hall–Kier alpha value is -3.95. The Morgan fingerprint density at radius 1 is 0.972 bits per heavy atom. The molecule has 0 aliphatic rings. The van der Waals surface area contributed by atoms with Crippen molar-refractivity contribution in [2.24, 2.45) is 0 Å². The maximum absolute atomic E-state index is 12.6. The van der Waals surface area contributed by atoms with Crippen LogP contribution in [0.5, 0.6) is 5.75 Å². The molecule has 5 rings (SSSR count). The summed E-state index contributed by atoms with van der Waals surface area (Å²) in [6, 6.07) is 25.7. The summed E-state index contributed by atoms with van der Waals surface area (Å²) in [5, 5.41) is 16.1. The van der Waals surface area contributed by atoms with Crippen LogP contribution in [0.2, 0.25) is 0 Å². The number of aromatic nitrogens is 3. The molecule has 0 radical (unpaired) electrons. The van der Waals surface area contributed by atoms with Gasteiger partial charge in [0.25, 0.3) is 5.91 Å². The number of anilines is 1. The minimum absolute atomic E-state index is 0.160. The quantitative estimate of drug-likeness (QED) is 0.230. The highest BCUT2D eigenvalue weighted by atomic mass is 32.2. The molecule has 3 aromatic carbocycles. The van der Waals surface area contributed by atoms with Crippen LogP contribution in [-0.2, 0) is 5.75 Å². The number of carbonyl (C=O) groups excluding carboxylic acids is 1. The number of hydrogen-bond donors (Lipinski definition) is 1. The number of thioether (sulfide) groups is 1. The molecule has 1 N–H and O–H groups in total. The summed E-state index contributed by atoms with van der Waals surface area (Å²) < 4.78 is 10.5. The van der Waals surface area contributed by atoms with Gasteiger partial charge in [-0.15, -0.1) is 22.0 Å². The lowest BCUT2D eigenvalue weighted by Gasteiger charge is -2.03. The van der Waals surface area contributed by atoms with Gasteiger partial charge in [0.2, 0.25) is 5.13 Å². The molecule has 2 heterocycles. The van der Waals surface area contributed by atoms with Crippen molar-refractivity contribution in [1.29, 1.82) is 0 Å². The van der Waals surface area contributed by atoms with Crippen molar-refractivity contribution in [3.8, 4) is 27.6 Å². The van der Waals surface area contributed by atoms with Crippen LogP contribution >= 0.6 is 23.1 Å². The Bertz CT molecular complexity index is 1460. The van der Waals surface area contributed by atoms with Crippen molar-refractivity contribution in [2.45, 2.75) is 17.6 Å². The molecular formula is C27H22N4O3S2. The van der Waals surface area contributed by atoms with Gasteiger partial charge in [0.15, 0.2) is 11.5 Å². The fraction of sp³-hybridized carbons (Fsp3) is 0.111. The third-order valence-electron chi connectivity index (χ3n) is 5.39. The summed E-state index contributed by atoms with van der Waals surface area (Å²) in [6.45, 7) is 2.09. The fourth-order valence-electron chi connectivity index (χ4n) is 3.37. The zero-order valence-corrected chi connectivity index (χ0v) is 21.2. The number of rotatable bonds is 8. The highest BCUT2D eigenvalue weighted by Crippen LogP contribution is 2.29. The maximum Gasteiger partial charge on any atom is 0.279 e. The molecule has 5 aromatic rings. The molecule has 0 fully saturated rings. The van der Waals surface area contributed by atoms with Gasteiger partial charge in [0.05, 0.1) is 7.11 Å². The van der Waals surface area contributed by atoms with Crippen LogP contribution in [0.3, 0.4) is 0 Å². The van der Waals surface area contributed by atoms with Crippen molar-refractivity contribution in [2.75, 3.05) is 12.4 Å². The summed E-state index contributed by atoms with van der Waals surface area (Å²) >= 11 is 3.10. The van der Waals surface area contributed by atoms with E-state index in [1.807, 2.05) is 36.4 Å². The Morgan fingerprint density at radius 2 is 1.69 bits per heavy atom. The lowest BCUT2D eigenvalue weighted by Crippen LogP contribution is -2.11. The topological polar surface area (TPSA) is 90.1 Å². The fourth-order valence-corrected chi connectivity index (χ4v) is 4.97. The first-order chi connectivity index (χ1) is 17.6. The minimum Gasteiger partial charge on any atom is -0.497 e. The second-order valence-corrected chi connectivity index (χ2v) is 10.00. The average molecular weight is 515 g/mol. The van der Waals surface area contributed by atoms with Gasteiger partial charge in [0.1, 0.15) is 10.8 Å². The minimum atomic E-state index is -0.412. The molecular weight excluding hydrogens is 492 g/mol.